The Bertz CT molecular complexity index is 1250. The molecule has 3 aromatic carbocycles. The van der Waals surface area contributed by atoms with E-state index in [4.69, 9.17) is 0 Å². The molecule has 3 aromatic rings. The number of likely N-dealkylation sites (tertiary alicyclic amines) is 1. The summed E-state index contributed by atoms with van der Waals surface area (Å²) in [6, 6.07) is 24.3. The molecule has 0 bridgehead atoms. The lowest BCUT2D eigenvalue weighted by atomic mass is 9.82. The second-order valence-corrected chi connectivity index (χ2v) is 11.5. The van der Waals surface area contributed by atoms with E-state index in [0.717, 1.165) is 48.3 Å². The fourth-order valence-electron chi connectivity index (χ4n) is 6.71. The monoisotopic (exact) mass is 494 g/mol. The summed E-state index contributed by atoms with van der Waals surface area (Å²) < 4.78 is 0. The first kappa shape index (κ1) is 24.2. The summed E-state index contributed by atoms with van der Waals surface area (Å²) in [5, 5.41) is 10.2. The molecule has 0 aromatic heterocycles. The van der Waals surface area contributed by atoms with Crippen molar-refractivity contribution in [3.8, 4) is 5.75 Å². The molecule has 2 atom stereocenters. The van der Waals surface area contributed by atoms with E-state index in [0.29, 0.717) is 5.75 Å². The lowest BCUT2D eigenvalue weighted by Crippen LogP contribution is -2.49. The normalized spacial score (nSPS) is 22.2. The number of fused-ring (bicyclic) bond motifs is 1. The Morgan fingerprint density at radius 3 is 2.54 bits per heavy atom. The van der Waals surface area contributed by atoms with Crippen molar-refractivity contribution in [3.63, 3.8) is 0 Å². The maximum Gasteiger partial charge on any atom is 0.255 e. The summed E-state index contributed by atoms with van der Waals surface area (Å²) in [6.07, 6.45) is 7.73. The van der Waals surface area contributed by atoms with Gasteiger partial charge in [-0.25, -0.2) is 0 Å². The Hall–Kier alpha value is -3.11. The lowest BCUT2D eigenvalue weighted by Gasteiger charge is -2.44. The Morgan fingerprint density at radius 1 is 1.03 bits per heavy atom. The molecule has 3 aliphatic rings. The van der Waals surface area contributed by atoms with Gasteiger partial charge in [0.2, 0.25) is 0 Å². The molecule has 0 radical (unpaired) electrons. The van der Waals surface area contributed by atoms with Crippen LogP contribution in [0.4, 0.5) is 0 Å². The minimum absolute atomic E-state index is 0.101. The number of hydrogen-bond acceptors (Lipinski definition) is 3. The van der Waals surface area contributed by atoms with E-state index >= 15 is 0 Å². The van der Waals surface area contributed by atoms with Crippen molar-refractivity contribution in [1.29, 1.82) is 0 Å². The molecule has 2 aliphatic heterocycles. The molecule has 1 spiro atoms. The maximum atomic E-state index is 14.0. The standard InChI is InChI=1S/C33H38N2O2/c1-2-19-34-20-16-25(23-34)9-8-24-10-12-26(13-11-24)31-30-15-14-29(36)21-28(30)22-33(17-18-33)35(31)32(37)27-6-4-3-5-7-27/h3-7,10-15,21,25,31,36H,2,8-9,16-20,22-23H2,1H3. The highest BCUT2D eigenvalue weighted by molar-refractivity contribution is 5.96. The molecule has 4 heteroatoms. The summed E-state index contributed by atoms with van der Waals surface area (Å²) in [6.45, 7) is 5.99. The van der Waals surface area contributed by atoms with Crippen molar-refractivity contribution in [2.75, 3.05) is 19.6 Å². The molecule has 1 saturated heterocycles. The average Bonchev–Trinajstić information content (AvgIpc) is 3.53. The average molecular weight is 495 g/mol. The van der Waals surface area contributed by atoms with Crippen LogP contribution >= 0.6 is 0 Å². The number of aryl methyl sites for hydroxylation is 1. The third-order valence-corrected chi connectivity index (χ3v) is 8.82. The van der Waals surface area contributed by atoms with Gasteiger partial charge in [0.25, 0.3) is 5.91 Å². The highest BCUT2D eigenvalue weighted by Gasteiger charge is 2.56. The molecule has 2 fully saturated rings. The largest absolute Gasteiger partial charge is 0.508 e. The number of amides is 1. The van der Waals surface area contributed by atoms with E-state index in [9.17, 15) is 9.90 Å². The molecule has 6 rings (SSSR count). The number of carbonyl (C=O) groups excluding carboxylic acids is 1. The topological polar surface area (TPSA) is 43.8 Å². The quantitative estimate of drug-likeness (QED) is 0.415. The van der Waals surface area contributed by atoms with E-state index in [2.05, 4.69) is 41.0 Å². The van der Waals surface area contributed by atoms with Crippen molar-refractivity contribution >= 4 is 5.91 Å². The molecule has 1 N–H and O–H groups in total. The van der Waals surface area contributed by atoms with Crippen LogP contribution in [-0.4, -0.2) is 46.0 Å². The first-order valence-electron chi connectivity index (χ1n) is 14.1. The van der Waals surface area contributed by atoms with Crippen molar-refractivity contribution < 1.29 is 9.90 Å². The third-order valence-electron chi connectivity index (χ3n) is 8.82. The van der Waals surface area contributed by atoms with Gasteiger partial charge in [0.1, 0.15) is 5.75 Å². The zero-order valence-corrected chi connectivity index (χ0v) is 21.9. The summed E-state index contributed by atoms with van der Waals surface area (Å²) in [5.74, 6) is 1.21. The van der Waals surface area contributed by atoms with Crippen molar-refractivity contribution in [2.45, 2.75) is 63.5 Å². The van der Waals surface area contributed by atoms with E-state index in [1.165, 1.54) is 50.0 Å². The zero-order valence-electron chi connectivity index (χ0n) is 21.9. The second-order valence-electron chi connectivity index (χ2n) is 11.5. The molecule has 1 saturated carbocycles. The Balaban J connectivity index is 1.28. The molecular formula is C33H38N2O2. The molecule has 2 heterocycles. The van der Waals surface area contributed by atoms with E-state index < -0.39 is 0 Å². The van der Waals surface area contributed by atoms with Crippen LogP contribution in [-0.2, 0) is 12.8 Å². The highest BCUT2D eigenvalue weighted by Crippen LogP contribution is 2.55. The van der Waals surface area contributed by atoms with Gasteiger partial charge in [0.05, 0.1) is 6.04 Å². The SMILES string of the molecule is CCCN1CCC(CCc2ccc(C3c4ccc(O)cc4CC4(CC4)N3C(=O)c3ccccc3)cc2)C1. The predicted molar refractivity (Wildman–Crippen MR) is 148 cm³/mol. The van der Waals surface area contributed by atoms with Gasteiger partial charge in [-0.15, -0.1) is 0 Å². The Labute approximate surface area is 220 Å². The molecule has 37 heavy (non-hydrogen) atoms. The molecule has 4 nitrogen and oxygen atoms in total. The second kappa shape index (κ2) is 9.98. The Morgan fingerprint density at radius 2 is 1.81 bits per heavy atom. The van der Waals surface area contributed by atoms with Crippen LogP contribution in [0.2, 0.25) is 0 Å². The van der Waals surface area contributed by atoms with Crippen LogP contribution in [0.15, 0.2) is 72.8 Å². The van der Waals surface area contributed by atoms with Crippen molar-refractivity contribution in [2.24, 2.45) is 5.92 Å². The van der Waals surface area contributed by atoms with Crippen LogP contribution in [0.25, 0.3) is 0 Å². The number of hydrogen-bond donors (Lipinski definition) is 1. The van der Waals surface area contributed by atoms with Gasteiger partial charge in [-0.1, -0.05) is 55.5 Å². The fraction of sp³-hybridized carbons (Fsp3) is 0.424. The maximum absolute atomic E-state index is 14.0. The van der Waals surface area contributed by atoms with Gasteiger partial charge in [-0.05, 0) is 110 Å². The number of carbonyl (C=O) groups is 1. The van der Waals surface area contributed by atoms with Crippen molar-refractivity contribution in [3.05, 3.63) is 101 Å². The summed E-state index contributed by atoms with van der Waals surface area (Å²) in [7, 11) is 0. The number of phenols is 1. The van der Waals surface area contributed by atoms with E-state index in [1.54, 1.807) is 6.07 Å². The van der Waals surface area contributed by atoms with Gasteiger partial charge >= 0.3 is 0 Å². The van der Waals surface area contributed by atoms with Gasteiger partial charge in [0, 0.05) is 17.6 Å². The number of aromatic hydroxyl groups is 1. The lowest BCUT2D eigenvalue weighted by molar-refractivity contribution is 0.0541. The first-order chi connectivity index (χ1) is 18.1. The predicted octanol–water partition coefficient (Wildman–Crippen LogP) is 6.38. The number of phenolic OH excluding ortho intramolecular Hbond substituents is 1. The van der Waals surface area contributed by atoms with Crippen molar-refractivity contribution in [1.82, 2.24) is 9.80 Å². The van der Waals surface area contributed by atoms with Crippen LogP contribution in [0.3, 0.4) is 0 Å². The minimum Gasteiger partial charge on any atom is -0.508 e. The minimum atomic E-state index is -0.163. The molecule has 1 amide bonds. The molecule has 192 valence electrons. The zero-order chi connectivity index (χ0) is 25.4. The number of nitrogens with zero attached hydrogens (tertiary/aromatic N) is 2. The third kappa shape index (κ3) is 4.80. The number of rotatable bonds is 7. The summed E-state index contributed by atoms with van der Waals surface area (Å²) in [5.41, 5.74) is 5.41. The van der Waals surface area contributed by atoms with Gasteiger partial charge < -0.3 is 14.9 Å². The Kier molecular flexibility index (Phi) is 6.54. The fourth-order valence-corrected chi connectivity index (χ4v) is 6.71. The van der Waals surface area contributed by atoms with Crippen LogP contribution < -0.4 is 0 Å². The van der Waals surface area contributed by atoms with E-state index in [1.807, 2.05) is 42.5 Å². The smallest absolute Gasteiger partial charge is 0.255 e. The molecule has 1 aliphatic carbocycles. The van der Waals surface area contributed by atoms with Gasteiger partial charge in [0.15, 0.2) is 0 Å². The van der Waals surface area contributed by atoms with Gasteiger partial charge in [-0.2, -0.15) is 0 Å². The van der Waals surface area contributed by atoms with Crippen LogP contribution in [0.1, 0.15) is 77.7 Å². The molecule has 2 unspecified atom stereocenters. The highest BCUT2D eigenvalue weighted by atomic mass is 16.3. The summed E-state index contributed by atoms with van der Waals surface area (Å²) >= 11 is 0. The van der Waals surface area contributed by atoms with Crippen LogP contribution in [0, 0.1) is 5.92 Å². The van der Waals surface area contributed by atoms with Crippen LogP contribution in [0.5, 0.6) is 5.75 Å². The molecular weight excluding hydrogens is 456 g/mol. The van der Waals surface area contributed by atoms with E-state index in [-0.39, 0.29) is 17.5 Å². The summed E-state index contributed by atoms with van der Waals surface area (Å²) in [4.78, 5) is 18.8. The van der Waals surface area contributed by atoms with Gasteiger partial charge in [-0.3, -0.25) is 4.79 Å². The number of benzene rings is 3. The first-order valence-corrected chi connectivity index (χ1v) is 14.1.